The van der Waals surface area contributed by atoms with Crippen LogP contribution in [0.5, 0.6) is 5.75 Å². The van der Waals surface area contributed by atoms with E-state index in [1.807, 2.05) is 19.9 Å². The lowest BCUT2D eigenvalue weighted by atomic mass is 10.3. The topological polar surface area (TPSA) is 67.3 Å². The van der Waals surface area contributed by atoms with Crippen LogP contribution in [-0.4, -0.2) is 34.3 Å². The van der Waals surface area contributed by atoms with Gasteiger partial charge in [0.05, 0.1) is 0 Å². The fourth-order valence-corrected chi connectivity index (χ4v) is 1.80. The van der Waals surface area contributed by atoms with E-state index in [0.717, 1.165) is 11.4 Å². The normalized spacial score (nSPS) is 12.0. The first-order valence-corrected chi connectivity index (χ1v) is 6.65. The molecule has 2 rings (SSSR count). The van der Waals surface area contributed by atoms with E-state index in [2.05, 4.69) is 15.3 Å². The van der Waals surface area contributed by atoms with Crippen molar-refractivity contribution in [1.29, 1.82) is 0 Å². The van der Waals surface area contributed by atoms with E-state index in [0.29, 0.717) is 11.7 Å². The molecule has 0 bridgehead atoms. The van der Waals surface area contributed by atoms with E-state index in [-0.39, 0.29) is 19.0 Å². The smallest absolute Gasteiger partial charge is 0.223 e. The van der Waals surface area contributed by atoms with Crippen molar-refractivity contribution in [2.75, 3.05) is 18.5 Å². The van der Waals surface area contributed by atoms with Gasteiger partial charge in [0.25, 0.3) is 0 Å². The number of halogens is 1. The molecule has 0 saturated heterocycles. The molecule has 112 valence electrons. The second kappa shape index (κ2) is 6.99. The van der Waals surface area contributed by atoms with Crippen molar-refractivity contribution in [2.24, 2.45) is 0 Å². The lowest BCUT2D eigenvalue weighted by Gasteiger charge is -2.13. The Balaban J connectivity index is 1.79. The molecule has 2 aromatic rings. The minimum atomic E-state index is -0.723. The molecule has 1 heterocycles. The fourth-order valence-electron chi connectivity index (χ4n) is 1.80. The molecular weight excluding hydrogens is 273 g/mol. The number of anilines is 1. The summed E-state index contributed by atoms with van der Waals surface area (Å²) in [6.45, 7) is 4.13. The SMILES string of the molecule is Cc1cc(C)nc(NC[C@@H](O)COc2ccc(F)cc2)n1. The Morgan fingerprint density at radius 3 is 2.43 bits per heavy atom. The first-order chi connectivity index (χ1) is 10.0. The fraction of sp³-hybridized carbons (Fsp3) is 0.333. The van der Waals surface area contributed by atoms with E-state index < -0.39 is 6.10 Å². The minimum absolute atomic E-state index is 0.101. The maximum atomic E-state index is 12.7. The molecule has 5 nitrogen and oxygen atoms in total. The van der Waals surface area contributed by atoms with Gasteiger partial charge in [-0.1, -0.05) is 0 Å². The number of nitrogens with zero attached hydrogens (tertiary/aromatic N) is 2. The van der Waals surface area contributed by atoms with Crippen molar-refractivity contribution in [3.63, 3.8) is 0 Å². The number of hydrogen-bond donors (Lipinski definition) is 2. The predicted molar refractivity (Wildman–Crippen MR) is 77.9 cm³/mol. The third-order valence-electron chi connectivity index (χ3n) is 2.73. The molecular formula is C15H18FN3O2. The van der Waals surface area contributed by atoms with Crippen LogP contribution in [0.2, 0.25) is 0 Å². The predicted octanol–water partition coefficient (Wildman–Crippen LogP) is 2.08. The molecule has 0 saturated carbocycles. The van der Waals surface area contributed by atoms with Gasteiger partial charge in [-0.05, 0) is 44.2 Å². The standard InChI is InChI=1S/C15H18FN3O2/c1-10-7-11(2)19-15(18-10)17-8-13(20)9-21-14-5-3-12(16)4-6-14/h3-7,13,20H,8-9H2,1-2H3,(H,17,18,19)/t13-/m1/s1. The summed E-state index contributed by atoms with van der Waals surface area (Å²) >= 11 is 0. The van der Waals surface area contributed by atoms with Crippen LogP contribution in [0, 0.1) is 19.7 Å². The minimum Gasteiger partial charge on any atom is -0.491 e. The number of aliphatic hydroxyl groups is 1. The van der Waals surface area contributed by atoms with Crippen molar-refractivity contribution in [2.45, 2.75) is 20.0 Å². The summed E-state index contributed by atoms with van der Waals surface area (Å²) in [6.07, 6.45) is -0.723. The highest BCUT2D eigenvalue weighted by atomic mass is 19.1. The summed E-state index contributed by atoms with van der Waals surface area (Å²) in [4.78, 5) is 8.44. The maximum absolute atomic E-state index is 12.7. The Hall–Kier alpha value is -2.21. The maximum Gasteiger partial charge on any atom is 0.223 e. The zero-order valence-electron chi connectivity index (χ0n) is 12.0. The monoisotopic (exact) mass is 291 g/mol. The van der Waals surface area contributed by atoms with Gasteiger partial charge in [-0.2, -0.15) is 0 Å². The van der Waals surface area contributed by atoms with Gasteiger partial charge in [-0.25, -0.2) is 14.4 Å². The van der Waals surface area contributed by atoms with Crippen LogP contribution >= 0.6 is 0 Å². The van der Waals surface area contributed by atoms with Gasteiger partial charge in [-0.15, -0.1) is 0 Å². The van der Waals surface area contributed by atoms with Crippen LogP contribution < -0.4 is 10.1 Å². The second-order valence-electron chi connectivity index (χ2n) is 4.77. The number of benzene rings is 1. The van der Waals surface area contributed by atoms with Crippen molar-refractivity contribution < 1.29 is 14.2 Å². The number of rotatable bonds is 6. The van der Waals surface area contributed by atoms with E-state index >= 15 is 0 Å². The number of aryl methyl sites for hydroxylation is 2. The van der Waals surface area contributed by atoms with Gasteiger partial charge in [-0.3, -0.25) is 0 Å². The van der Waals surface area contributed by atoms with Crippen LogP contribution in [0.3, 0.4) is 0 Å². The van der Waals surface area contributed by atoms with Gasteiger partial charge in [0, 0.05) is 17.9 Å². The molecule has 0 spiro atoms. The largest absolute Gasteiger partial charge is 0.491 e. The summed E-state index contributed by atoms with van der Waals surface area (Å²) in [5, 5.41) is 12.8. The Kier molecular flexibility index (Phi) is 5.05. The van der Waals surface area contributed by atoms with Crippen molar-refractivity contribution >= 4 is 5.95 Å². The van der Waals surface area contributed by atoms with Gasteiger partial charge in [0.15, 0.2) is 0 Å². The molecule has 1 aromatic heterocycles. The summed E-state index contributed by atoms with van der Waals surface area (Å²) in [6, 6.07) is 7.52. The Bertz CT molecular complexity index is 570. The van der Waals surface area contributed by atoms with E-state index in [1.54, 1.807) is 0 Å². The number of hydrogen-bond acceptors (Lipinski definition) is 5. The van der Waals surface area contributed by atoms with Crippen LogP contribution in [0.1, 0.15) is 11.4 Å². The first-order valence-electron chi connectivity index (χ1n) is 6.65. The molecule has 2 N–H and O–H groups in total. The molecule has 6 heteroatoms. The average molecular weight is 291 g/mol. The number of ether oxygens (including phenoxy) is 1. The molecule has 0 radical (unpaired) electrons. The van der Waals surface area contributed by atoms with Gasteiger partial charge < -0.3 is 15.2 Å². The lowest BCUT2D eigenvalue weighted by Crippen LogP contribution is -2.27. The Labute approximate surface area is 122 Å². The molecule has 21 heavy (non-hydrogen) atoms. The van der Waals surface area contributed by atoms with Crippen molar-refractivity contribution in [1.82, 2.24) is 9.97 Å². The van der Waals surface area contributed by atoms with Gasteiger partial charge >= 0.3 is 0 Å². The van der Waals surface area contributed by atoms with Crippen molar-refractivity contribution in [3.8, 4) is 5.75 Å². The van der Waals surface area contributed by atoms with Crippen LogP contribution in [0.4, 0.5) is 10.3 Å². The Morgan fingerprint density at radius 2 is 1.81 bits per heavy atom. The summed E-state index contributed by atoms with van der Waals surface area (Å²) in [5.74, 6) is 0.669. The first kappa shape index (κ1) is 15.2. The third-order valence-corrected chi connectivity index (χ3v) is 2.73. The average Bonchev–Trinajstić information content (AvgIpc) is 2.43. The molecule has 0 aliphatic carbocycles. The van der Waals surface area contributed by atoms with Crippen LogP contribution in [0.15, 0.2) is 30.3 Å². The highest BCUT2D eigenvalue weighted by Gasteiger charge is 2.07. The molecule has 0 amide bonds. The van der Waals surface area contributed by atoms with E-state index in [4.69, 9.17) is 4.74 Å². The number of aliphatic hydroxyl groups excluding tert-OH is 1. The summed E-state index contributed by atoms with van der Waals surface area (Å²) in [5.41, 5.74) is 1.73. The Morgan fingerprint density at radius 1 is 1.19 bits per heavy atom. The zero-order valence-corrected chi connectivity index (χ0v) is 12.0. The van der Waals surface area contributed by atoms with Gasteiger partial charge in [0.1, 0.15) is 24.3 Å². The van der Waals surface area contributed by atoms with E-state index in [1.165, 1.54) is 24.3 Å². The molecule has 1 atom stereocenters. The molecule has 0 fully saturated rings. The second-order valence-corrected chi connectivity index (χ2v) is 4.77. The number of aromatic nitrogens is 2. The van der Waals surface area contributed by atoms with Crippen LogP contribution in [-0.2, 0) is 0 Å². The summed E-state index contributed by atoms with van der Waals surface area (Å²) < 4.78 is 18.1. The van der Waals surface area contributed by atoms with Crippen LogP contribution in [0.25, 0.3) is 0 Å². The number of nitrogens with one attached hydrogen (secondary N) is 1. The molecule has 0 aliphatic heterocycles. The zero-order chi connectivity index (χ0) is 15.2. The van der Waals surface area contributed by atoms with Gasteiger partial charge in [0.2, 0.25) is 5.95 Å². The molecule has 0 aliphatic rings. The quantitative estimate of drug-likeness (QED) is 0.853. The molecule has 1 aromatic carbocycles. The third kappa shape index (κ3) is 5.00. The van der Waals surface area contributed by atoms with Crippen molar-refractivity contribution in [3.05, 3.63) is 47.5 Å². The lowest BCUT2D eigenvalue weighted by molar-refractivity contribution is 0.117. The summed E-state index contributed by atoms with van der Waals surface area (Å²) in [7, 11) is 0. The highest BCUT2D eigenvalue weighted by molar-refractivity contribution is 5.27. The highest BCUT2D eigenvalue weighted by Crippen LogP contribution is 2.11. The molecule has 0 unspecified atom stereocenters. The van der Waals surface area contributed by atoms with E-state index in [9.17, 15) is 9.50 Å².